The number of fused-ring (bicyclic) bond motifs is 3. The minimum atomic E-state index is -1.06. The number of hydrogen-bond donors (Lipinski definition) is 6. The minimum absolute atomic E-state index is 0.0336. The van der Waals surface area contributed by atoms with Gasteiger partial charge in [-0.25, -0.2) is 39.0 Å². The summed E-state index contributed by atoms with van der Waals surface area (Å²) in [5, 5.41) is 37.1. The van der Waals surface area contributed by atoms with Crippen LogP contribution in [0.2, 0.25) is 0 Å². The topological polar surface area (TPSA) is 401 Å². The van der Waals surface area contributed by atoms with Gasteiger partial charge in [0, 0.05) is 11.3 Å². The number of carbonyl (C=O) groups excluding carboxylic acids is 6. The molecule has 97 heavy (non-hydrogen) atoms. The van der Waals surface area contributed by atoms with Crippen molar-refractivity contribution in [3.63, 3.8) is 0 Å². The van der Waals surface area contributed by atoms with E-state index >= 15 is 0 Å². The lowest BCUT2D eigenvalue weighted by molar-refractivity contribution is -0.0669. The molecule has 4 aromatic carbocycles. The van der Waals surface area contributed by atoms with Gasteiger partial charge in [0.05, 0.1) is 21.7 Å². The van der Waals surface area contributed by atoms with Crippen molar-refractivity contribution in [1.29, 1.82) is 5.26 Å². The van der Waals surface area contributed by atoms with Crippen LogP contribution < -0.4 is 32.6 Å². The Kier molecular flexibility index (Phi) is 33.2. The van der Waals surface area contributed by atoms with Gasteiger partial charge in [-0.2, -0.15) is 15.1 Å². The third kappa shape index (κ3) is 33.2. The monoisotopic (exact) mass is 1420 g/mol. The summed E-state index contributed by atoms with van der Waals surface area (Å²) in [5.41, 5.74) is 9.27. The summed E-state index contributed by atoms with van der Waals surface area (Å²) in [5.74, 6) is 8.29. The summed E-state index contributed by atoms with van der Waals surface area (Å²) in [6, 6.07) is 22.7. The van der Waals surface area contributed by atoms with Crippen LogP contribution in [0.4, 0.5) is 50.6 Å². The molecule has 8 N–H and O–H groups in total. The van der Waals surface area contributed by atoms with E-state index in [0.717, 1.165) is 43.0 Å². The number of anilines is 3. The smallest absolute Gasteiger partial charge is 0.443 e. The van der Waals surface area contributed by atoms with Gasteiger partial charge in [0.15, 0.2) is 40.3 Å². The highest BCUT2D eigenvalue weighted by atomic mass is 79.9. The van der Waals surface area contributed by atoms with Gasteiger partial charge in [-0.1, -0.05) is 66.8 Å². The lowest BCUT2D eigenvalue weighted by atomic mass is 10.1. The summed E-state index contributed by atoms with van der Waals surface area (Å²) in [7, 11) is 0. The molecule has 31 heteroatoms. The van der Waals surface area contributed by atoms with E-state index in [-0.39, 0.29) is 17.2 Å². The molecular weight excluding hydrogens is 1340 g/mol. The Morgan fingerprint density at radius 3 is 1.26 bits per heavy atom. The highest BCUT2D eigenvalue weighted by Gasteiger charge is 2.38. The van der Waals surface area contributed by atoms with Crippen LogP contribution in [-0.4, -0.2) is 96.2 Å². The lowest BCUT2D eigenvalue weighted by Crippen LogP contribution is -2.44. The third-order valence-electron chi connectivity index (χ3n) is 10.1. The first kappa shape index (κ1) is 84.9. The molecule has 0 aliphatic carbocycles. The van der Waals surface area contributed by atoms with Gasteiger partial charge >= 0.3 is 36.7 Å². The maximum atomic E-state index is 12.7. The first-order chi connectivity index (χ1) is 44.6. The van der Waals surface area contributed by atoms with E-state index in [0.29, 0.717) is 33.1 Å². The van der Waals surface area contributed by atoms with Gasteiger partial charge in [0.25, 0.3) is 0 Å². The molecule has 0 aliphatic heterocycles. The van der Waals surface area contributed by atoms with Crippen molar-refractivity contribution in [3.8, 4) is 30.4 Å². The molecule has 4 amide bonds. The van der Waals surface area contributed by atoms with Gasteiger partial charge in [-0.3, -0.25) is 5.21 Å². The average Bonchev–Trinajstić information content (AvgIpc) is 1.71. The fourth-order valence-electron chi connectivity index (χ4n) is 6.63. The second kappa shape index (κ2) is 37.9. The van der Waals surface area contributed by atoms with Crippen molar-refractivity contribution in [2.75, 3.05) is 15.5 Å². The molecule has 0 bridgehead atoms. The molecular formula is C66H86BrFN10O19. The first-order valence-electron chi connectivity index (χ1n) is 29.0. The minimum Gasteiger partial charge on any atom is -0.443 e. The maximum absolute atomic E-state index is 12.7. The molecule has 0 saturated heterocycles. The van der Waals surface area contributed by atoms with E-state index in [1.807, 2.05) is 63.1 Å². The quantitative estimate of drug-likeness (QED) is 0.0181. The number of nitrogens with one attached hydrogen (secondary N) is 2. The van der Waals surface area contributed by atoms with E-state index in [1.54, 1.807) is 161 Å². The Hall–Kier alpha value is -10.1. The molecule has 0 saturated carbocycles. The Balaban J connectivity index is 0.000000608. The second-order valence-corrected chi connectivity index (χ2v) is 26.5. The molecule has 528 valence electrons. The number of nitriles is 1. The number of benzene rings is 4. The molecule has 0 spiro atoms. The van der Waals surface area contributed by atoms with Gasteiger partial charge in [-0.15, -0.1) is 12.0 Å². The lowest BCUT2D eigenvalue weighted by Gasteiger charge is -2.27. The number of terminal acetylenes is 1. The number of nitrogens with two attached hydrogens (primary N) is 2. The van der Waals surface area contributed by atoms with Crippen LogP contribution in [0.25, 0.3) is 32.9 Å². The molecule has 29 nitrogen and oxygen atoms in total. The zero-order valence-electron chi connectivity index (χ0n) is 58.1. The number of aryl methyl sites for hydroxylation is 3. The second-order valence-electron chi connectivity index (χ2n) is 26.0. The van der Waals surface area contributed by atoms with Crippen LogP contribution in [-0.2, 0) is 43.3 Å². The first-order valence-corrected chi connectivity index (χ1v) is 30.1. The van der Waals surface area contributed by atoms with Crippen LogP contribution >= 0.6 is 15.9 Å². The highest BCUT2D eigenvalue weighted by Crippen LogP contribution is 2.32. The summed E-state index contributed by atoms with van der Waals surface area (Å²) < 4.78 is 63.2. The SMILES string of the molecule is C#CC#CONO.CC(C)(C)OC(=O)N(C(=O)OC(C)(C)C)c1noc2ccc(CBr)cc12.CC(C)(C)OC(=O)OC(=O)OC(C)(C)C.Cc1ccc(F)c(C#N)c1.Cc1ccc2onc(N(C(=O)OC(C)(C)C)C(=O)OC(C)(C)C)c2c1.Cc1ccc2onc(N)c2c1.NNO. The number of carbonyl (C=O) groups is 6. The van der Waals surface area contributed by atoms with Crippen molar-refractivity contribution < 1.29 is 95.1 Å². The number of imide groups is 2. The van der Waals surface area contributed by atoms with Crippen molar-refractivity contribution in [2.24, 2.45) is 5.84 Å². The van der Waals surface area contributed by atoms with Crippen molar-refractivity contribution >= 4 is 103 Å². The summed E-state index contributed by atoms with van der Waals surface area (Å²) >= 11 is 3.38. The fraction of sp³-hybridized carbons (Fsp3) is 0.424. The van der Waals surface area contributed by atoms with Crippen molar-refractivity contribution in [1.82, 2.24) is 26.7 Å². The maximum Gasteiger partial charge on any atom is 0.519 e. The number of rotatable bonds is 4. The Morgan fingerprint density at radius 2 is 0.907 bits per heavy atom. The fourth-order valence-corrected chi connectivity index (χ4v) is 6.98. The van der Waals surface area contributed by atoms with Gasteiger partial charge in [0.1, 0.15) is 45.5 Å². The standard InChI is InChI=1S/C18H23BrN2O5.C18H24N2O5.C10H18O5.C8H6FN.C8H8N2O.C4H3NO2.H4N2O/c1-17(2,3)24-15(22)21(16(23)25-18(4,5)6)14-12-9-11(10-19)7-8-13(12)26-20-14;1-11-8-9-13-12(10-11)14(19-25-13)20(15(21)23-17(2,3)4)16(22)24-18(5,6)7;1-9(2,3)14-7(11)13-8(12)15-10(4,5)6;1-6-2-3-8(9)7(4-6)5-10;1-5-2-3-7-6(4-5)8(9)10-11-7;1-2-3-4-7-5-6;1-2-3/h7-9H,10H2,1-6H3;8-10H,1-7H3;1-6H3;2-4H,1H3;2-4H,1H3,(H2,9,10);1,5-6H;2-3H,1H2. The van der Waals surface area contributed by atoms with E-state index in [2.05, 4.69) is 59.2 Å². The average molecular weight is 1420 g/mol. The summed E-state index contributed by atoms with van der Waals surface area (Å²) in [6.45, 7) is 36.3. The number of alkyl halides is 1. The molecule has 3 heterocycles. The number of ether oxygens (including phenoxy) is 7. The molecule has 0 aliphatic rings. The van der Waals surface area contributed by atoms with Crippen molar-refractivity contribution in [2.45, 2.75) is 184 Å². The van der Waals surface area contributed by atoms with Crippen molar-refractivity contribution in [3.05, 3.63) is 106 Å². The number of hydrazine groups is 1. The van der Waals surface area contributed by atoms with Crippen LogP contribution in [0, 0.1) is 62.3 Å². The number of hydrogen-bond acceptors (Lipinski definition) is 27. The molecule has 7 aromatic rings. The Bertz CT molecular complexity index is 3830. The number of halogens is 2. The van der Waals surface area contributed by atoms with E-state index in [1.165, 1.54) is 23.4 Å². The number of nitrogens with zero attached hydrogens (tertiary/aromatic N) is 6. The molecule has 0 atom stereocenters. The zero-order chi connectivity index (χ0) is 74.6. The van der Waals surface area contributed by atoms with E-state index in [4.69, 9.17) is 63.4 Å². The van der Waals surface area contributed by atoms with Gasteiger partial charge in [-0.05, 0) is 217 Å². The predicted molar refractivity (Wildman–Crippen MR) is 360 cm³/mol. The van der Waals surface area contributed by atoms with Gasteiger partial charge in [0.2, 0.25) is 0 Å². The molecule has 3 aromatic heterocycles. The van der Waals surface area contributed by atoms with Gasteiger partial charge < -0.3 is 62.5 Å². The van der Waals surface area contributed by atoms with Crippen LogP contribution in [0.3, 0.4) is 0 Å². The number of nitrogen functional groups attached to an aromatic ring is 1. The van der Waals surface area contributed by atoms with Crippen LogP contribution in [0.15, 0.2) is 86.4 Å². The van der Waals surface area contributed by atoms with E-state index < -0.39 is 76.1 Å². The highest BCUT2D eigenvalue weighted by molar-refractivity contribution is 9.08. The largest absolute Gasteiger partial charge is 0.519 e. The zero-order valence-corrected chi connectivity index (χ0v) is 59.7. The Labute approximate surface area is 570 Å². The summed E-state index contributed by atoms with van der Waals surface area (Å²) in [6.07, 6.45) is 0.957. The molecule has 7 rings (SSSR count). The molecule has 0 fully saturated rings. The van der Waals surface area contributed by atoms with Crippen LogP contribution in [0.1, 0.15) is 152 Å². The Morgan fingerprint density at radius 1 is 0.567 bits per heavy atom. The third-order valence-corrected chi connectivity index (χ3v) is 10.7. The molecule has 0 radical (unpaired) electrons. The molecule has 0 unspecified atom stereocenters. The predicted octanol–water partition coefficient (Wildman–Crippen LogP) is 15.1. The normalized spacial score (nSPS) is 10.9. The van der Waals surface area contributed by atoms with E-state index in [9.17, 15) is 33.2 Å². The summed E-state index contributed by atoms with van der Waals surface area (Å²) in [4.78, 5) is 78.1. The van der Waals surface area contributed by atoms with Crippen LogP contribution in [0.5, 0.6) is 0 Å². The number of amides is 4. The number of aromatic nitrogens is 3.